The van der Waals surface area contributed by atoms with Gasteiger partial charge in [-0.1, -0.05) is 18.2 Å². The number of benzene rings is 1. The summed E-state index contributed by atoms with van der Waals surface area (Å²) in [7, 11) is 0. The molecular weight excluding hydrogens is 331 g/mol. The van der Waals surface area contributed by atoms with Gasteiger partial charge in [-0.05, 0) is 42.8 Å². The number of nitrogens with one attached hydrogen (secondary N) is 1. The van der Waals surface area contributed by atoms with Gasteiger partial charge in [-0.15, -0.1) is 0 Å². The number of hydrogen-bond acceptors (Lipinski definition) is 4. The topological polar surface area (TPSA) is 61.9 Å². The highest BCUT2D eigenvalue weighted by Gasteiger charge is 2.25. The largest absolute Gasteiger partial charge is 0.305 e. The quantitative estimate of drug-likeness (QED) is 0.786. The number of halogens is 1. The van der Waals surface area contributed by atoms with Crippen molar-refractivity contribution in [1.29, 1.82) is 0 Å². The molecule has 3 heterocycles. The zero-order chi connectivity index (χ0) is 17.9. The van der Waals surface area contributed by atoms with Gasteiger partial charge < -0.3 is 4.98 Å². The molecule has 0 bridgehead atoms. The summed E-state index contributed by atoms with van der Waals surface area (Å²) in [5.41, 5.74) is 2.39. The number of likely N-dealkylation sites (tertiary alicyclic amines) is 1. The Morgan fingerprint density at radius 3 is 2.81 bits per heavy atom. The summed E-state index contributed by atoms with van der Waals surface area (Å²) >= 11 is 0. The van der Waals surface area contributed by atoms with Crippen LogP contribution in [0.25, 0.3) is 11.5 Å². The lowest BCUT2D eigenvalue weighted by molar-refractivity contribution is 0.326. The number of rotatable bonds is 4. The molecule has 5 nitrogen and oxygen atoms in total. The van der Waals surface area contributed by atoms with Gasteiger partial charge in [0.15, 0.2) is 5.82 Å². The van der Waals surface area contributed by atoms with Crippen molar-refractivity contribution in [3.8, 4) is 11.5 Å². The van der Waals surface area contributed by atoms with Crippen molar-refractivity contribution in [2.24, 2.45) is 0 Å². The van der Waals surface area contributed by atoms with Gasteiger partial charge in [0, 0.05) is 31.3 Å². The summed E-state index contributed by atoms with van der Waals surface area (Å²) in [6, 6.07) is 13.7. The zero-order valence-electron chi connectivity index (χ0n) is 14.2. The van der Waals surface area contributed by atoms with Gasteiger partial charge in [-0.3, -0.25) is 14.7 Å². The molecule has 0 aliphatic carbocycles. The third kappa shape index (κ3) is 3.70. The molecule has 26 heavy (non-hydrogen) atoms. The van der Waals surface area contributed by atoms with Crippen molar-refractivity contribution in [2.45, 2.75) is 18.9 Å². The summed E-state index contributed by atoms with van der Waals surface area (Å²) in [5.74, 6) is 0.494. The molecule has 3 aromatic rings. The fraction of sp³-hybridized carbons (Fsp3) is 0.250. The van der Waals surface area contributed by atoms with Crippen LogP contribution in [0.1, 0.15) is 23.6 Å². The smallest absolute Gasteiger partial charge is 0.251 e. The molecule has 1 aliphatic rings. The van der Waals surface area contributed by atoms with Crippen LogP contribution < -0.4 is 5.56 Å². The second kappa shape index (κ2) is 7.17. The summed E-state index contributed by atoms with van der Waals surface area (Å²) in [4.78, 5) is 26.1. The Kier molecular flexibility index (Phi) is 4.58. The van der Waals surface area contributed by atoms with Crippen molar-refractivity contribution >= 4 is 0 Å². The fourth-order valence-electron chi connectivity index (χ4n) is 3.38. The Morgan fingerprint density at radius 2 is 2.04 bits per heavy atom. The van der Waals surface area contributed by atoms with Crippen LogP contribution in [-0.4, -0.2) is 32.9 Å². The van der Waals surface area contributed by atoms with Crippen LogP contribution in [0.4, 0.5) is 4.39 Å². The molecule has 1 atom stereocenters. The molecule has 132 valence electrons. The van der Waals surface area contributed by atoms with Crippen LogP contribution >= 0.6 is 0 Å². The maximum Gasteiger partial charge on any atom is 0.251 e. The van der Waals surface area contributed by atoms with E-state index in [1.807, 2.05) is 30.3 Å². The van der Waals surface area contributed by atoms with E-state index in [0.717, 1.165) is 37.3 Å². The lowest BCUT2D eigenvalue weighted by Gasteiger charge is -2.16. The molecule has 1 saturated heterocycles. The number of hydrogen-bond donors (Lipinski definition) is 1. The standard InChI is InChI=1S/C20H19FN4O/c21-16-6-4-14(5-7-16)12-25-10-8-15(13-25)18-11-19(26)24-20(23-18)17-3-1-2-9-22-17/h1-7,9,11,15H,8,10,12-13H2,(H,23,24,26). The van der Waals surface area contributed by atoms with Gasteiger partial charge in [0.1, 0.15) is 11.5 Å². The first kappa shape index (κ1) is 16.6. The van der Waals surface area contributed by atoms with Crippen LogP contribution in [0, 0.1) is 5.82 Å². The summed E-state index contributed by atoms with van der Waals surface area (Å²) < 4.78 is 13.0. The molecule has 1 unspecified atom stereocenters. The molecule has 0 saturated carbocycles. The lowest BCUT2D eigenvalue weighted by atomic mass is 10.0. The molecule has 1 N–H and O–H groups in total. The molecule has 1 fully saturated rings. The molecule has 4 rings (SSSR count). The SMILES string of the molecule is O=c1cc(C2CCN(Cc3ccc(F)cc3)C2)nc(-c2ccccn2)[nH]1. The van der Waals surface area contributed by atoms with Crippen LogP contribution in [0.3, 0.4) is 0 Å². The van der Waals surface area contributed by atoms with E-state index < -0.39 is 0 Å². The van der Waals surface area contributed by atoms with Crippen molar-refractivity contribution in [1.82, 2.24) is 19.9 Å². The summed E-state index contributed by atoms with van der Waals surface area (Å²) in [5, 5.41) is 0. The van der Waals surface area contributed by atoms with E-state index in [0.29, 0.717) is 11.5 Å². The first-order valence-corrected chi connectivity index (χ1v) is 8.67. The van der Waals surface area contributed by atoms with E-state index >= 15 is 0 Å². The number of aromatic amines is 1. The van der Waals surface area contributed by atoms with E-state index in [1.165, 1.54) is 12.1 Å². The van der Waals surface area contributed by atoms with Gasteiger partial charge in [0.05, 0.1) is 5.69 Å². The molecule has 0 spiro atoms. The van der Waals surface area contributed by atoms with Gasteiger partial charge in [0.2, 0.25) is 0 Å². The van der Waals surface area contributed by atoms with Gasteiger partial charge in [-0.25, -0.2) is 9.37 Å². The van der Waals surface area contributed by atoms with Crippen LogP contribution in [-0.2, 0) is 6.54 Å². The van der Waals surface area contributed by atoms with Gasteiger partial charge in [0.25, 0.3) is 5.56 Å². The highest BCUT2D eigenvalue weighted by Crippen LogP contribution is 2.27. The zero-order valence-corrected chi connectivity index (χ0v) is 14.2. The lowest BCUT2D eigenvalue weighted by Crippen LogP contribution is -2.20. The van der Waals surface area contributed by atoms with Crippen molar-refractivity contribution in [3.05, 3.63) is 82.2 Å². The predicted molar refractivity (Wildman–Crippen MR) is 97.1 cm³/mol. The molecule has 1 aliphatic heterocycles. The first-order chi connectivity index (χ1) is 12.7. The second-order valence-electron chi connectivity index (χ2n) is 6.58. The Hall–Kier alpha value is -2.86. The number of nitrogens with zero attached hydrogens (tertiary/aromatic N) is 3. The van der Waals surface area contributed by atoms with E-state index in [4.69, 9.17) is 0 Å². The molecule has 0 radical (unpaired) electrons. The van der Waals surface area contributed by atoms with Crippen LogP contribution in [0.2, 0.25) is 0 Å². The summed E-state index contributed by atoms with van der Waals surface area (Å²) in [6.07, 6.45) is 2.63. The molecule has 6 heteroatoms. The van der Waals surface area contributed by atoms with Crippen molar-refractivity contribution < 1.29 is 4.39 Å². The minimum atomic E-state index is -0.220. The Bertz CT molecular complexity index is 940. The fourth-order valence-corrected chi connectivity index (χ4v) is 3.38. The normalized spacial score (nSPS) is 17.5. The third-order valence-corrected chi connectivity index (χ3v) is 4.68. The van der Waals surface area contributed by atoms with E-state index in [1.54, 1.807) is 12.3 Å². The average molecular weight is 350 g/mol. The molecular formula is C20H19FN4O. The highest BCUT2D eigenvalue weighted by atomic mass is 19.1. The Morgan fingerprint density at radius 1 is 1.19 bits per heavy atom. The maximum atomic E-state index is 13.0. The van der Waals surface area contributed by atoms with E-state index in [-0.39, 0.29) is 17.3 Å². The van der Waals surface area contributed by atoms with E-state index in [2.05, 4.69) is 19.9 Å². The Balaban J connectivity index is 1.51. The summed E-state index contributed by atoms with van der Waals surface area (Å²) in [6.45, 7) is 2.53. The van der Waals surface area contributed by atoms with Crippen molar-refractivity contribution in [2.75, 3.05) is 13.1 Å². The average Bonchev–Trinajstić information content (AvgIpc) is 3.12. The van der Waals surface area contributed by atoms with Gasteiger partial charge in [-0.2, -0.15) is 0 Å². The predicted octanol–water partition coefficient (Wildman–Crippen LogP) is 2.96. The molecule has 1 aromatic carbocycles. The monoisotopic (exact) mass is 350 g/mol. The Labute approximate surface area is 150 Å². The highest BCUT2D eigenvalue weighted by molar-refractivity contribution is 5.48. The second-order valence-corrected chi connectivity index (χ2v) is 6.58. The number of H-pyrrole nitrogens is 1. The third-order valence-electron chi connectivity index (χ3n) is 4.68. The first-order valence-electron chi connectivity index (χ1n) is 8.67. The minimum absolute atomic E-state index is 0.160. The van der Waals surface area contributed by atoms with Crippen LogP contribution in [0.15, 0.2) is 59.5 Å². The minimum Gasteiger partial charge on any atom is -0.305 e. The number of aromatic nitrogens is 3. The van der Waals surface area contributed by atoms with Gasteiger partial charge >= 0.3 is 0 Å². The molecule has 0 amide bonds. The van der Waals surface area contributed by atoms with E-state index in [9.17, 15) is 9.18 Å². The van der Waals surface area contributed by atoms with Crippen LogP contribution in [0.5, 0.6) is 0 Å². The number of pyridine rings is 1. The molecule has 2 aromatic heterocycles. The van der Waals surface area contributed by atoms with Crippen molar-refractivity contribution in [3.63, 3.8) is 0 Å². The maximum absolute atomic E-state index is 13.0.